The molecule has 1 fully saturated rings. The van der Waals surface area contributed by atoms with E-state index in [0.29, 0.717) is 26.1 Å². The summed E-state index contributed by atoms with van der Waals surface area (Å²) in [6, 6.07) is 0. The van der Waals surface area contributed by atoms with Crippen LogP contribution in [0.1, 0.15) is 33.6 Å². The number of aliphatic hydroxyl groups is 2. The van der Waals surface area contributed by atoms with E-state index in [0.717, 1.165) is 0 Å². The molecule has 0 bridgehead atoms. The number of aliphatic hydroxyl groups excluding tert-OH is 1. The molecule has 2 N–H and O–H groups in total. The van der Waals surface area contributed by atoms with Gasteiger partial charge in [0, 0.05) is 11.8 Å². The molecule has 4 heteroatoms. The maximum atomic E-state index is 9.60. The maximum absolute atomic E-state index is 9.60. The van der Waals surface area contributed by atoms with E-state index in [-0.39, 0.29) is 18.3 Å². The van der Waals surface area contributed by atoms with Crippen LogP contribution >= 0.6 is 0 Å². The molecule has 0 amide bonds. The molecule has 0 aromatic carbocycles. The average molecular weight is 218 g/mol. The van der Waals surface area contributed by atoms with Gasteiger partial charge in [-0.1, -0.05) is 13.8 Å². The van der Waals surface area contributed by atoms with Gasteiger partial charge >= 0.3 is 0 Å². The van der Waals surface area contributed by atoms with Crippen molar-refractivity contribution in [3.8, 4) is 0 Å². The maximum Gasteiger partial charge on any atom is 0.157 e. The third kappa shape index (κ3) is 4.47. The molecule has 15 heavy (non-hydrogen) atoms. The molecule has 90 valence electrons. The number of rotatable bonds is 4. The summed E-state index contributed by atoms with van der Waals surface area (Å²) in [5.74, 6) is 0. The first-order valence-corrected chi connectivity index (χ1v) is 5.41. The van der Waals surface area contributed by atoms with E-state index in [1.54, 1.807) is 6.92 Å². The Morgan fingerprint density at radius 2 is 1.87 bits per heavy atom. The lowest BCUT2D eigenvalue weighted by Gasteiger charge is -2.35. The van der Waals surface area contributed by atoms with E-state index in [1.165, 1.54) is 0 Å². The van der Waals surface area contributed by atoms with E-state index >= 15 is 0 Å². The summed E-state index contributed by atoms with van der Waals surface area (Å²) in [5, 5.41) is 18.5. The Balaban J connectivity index is 2.25. The molecule has 1 heterocycles. The molecule has 1 unspecified atom stereocenters. The molecule has 0 spiro atoms. The van der Waals surface area contributed by atoms with Gasteiger partial charge in [0.2, 0.25) is 0 Å². The topological polar surface area (TPSA) is 58.9 Å². The number of ether oxygens (including phenoxy) is 2. The van der Waals surface area contributed by atoms with Crippen LogP contribution in [0.4, 0.5) is 0 Å². The zero-order valence-corrected chi connectivity index (χ0v) is 9.82. The van der Waals surface area contributed by atoms with Gasteiger partial charge in [-0.15, -0.1) is 0 Å². The van der Waals surface area contributed by atoms with Gasteiger partial charge < -0.3 is 19.7 Å². The Kier molecular flexibility index (Phi) is 4.12. The van der Waals surface area contributed by atoms with Crippen molar-refractivity contribution in [3.63, 3.8) is 0 Å². The van der Waals surface area contributed by atoms with Gasteiger partial charge in [-0.3, -0.25) is 0 Å². The standard InChI is InChI=1S/C11H22O4/c1-10(2)7-14-9(15-8-10)4-5-11(3,13)6-12/h9,12-13H,4-8H2,1-3H3. The average Bonchev–Trinajstić information content (AvgIpc) is 2.16. The smallest absolute Gasteiger partial charge is 0.157 e. The molecule has 4 nitrogen and oxygen atoms in total. The minimum absolute atomic E-state index is 0.0794. The number of hydrogen-bond donors (Lipinski definition) is 2. The molecular formula is C11H22O4. The van der Waals surface area contributed by atoms with E-state index in [4.69, 9.17) is 14.6 Å². The third-order valence-electron chi connectivity index (χ3n) is 2.58. The van der Waals surface area contributed by atoms with Crippen LogP contribution in [0.2, 0.25) is 0 Å². The fourth-order valence-electron chi connectivity index (χ4n) is 1.40. The summed E-state index contributed by atoms with van der Waals surface area (Å²) in [6.07, 6.45) is 0.856. The van der Waals surface area contributed by atoms with Crippen LogP contribution in [-0.2, 0) is 9.47 Å². The second-order valence-electron chi connectivity index (χ2n) is 5.41. The predicted molar refractivity (Wildman–Crippen MR) is 56.4 cm³/mol. The van der Waals surface area contributed by atoms with Crippen molar-refractivity contribution in [1.29, 1.82) is 0 Å². The Hall–Kier alpha value is -0.160. The van der Waals surface area contributed by atoms with Crippen LogP contribution in [-0.4, -0.2) is 41.9 Å². The molecular weight excluding hydrogens is 196 g/mol. The first-order chi connectivity index (χ1) is 6.85. The van der Waals surface area contributed by atoms with E-state index in [1.807, 2.05) is 0 Å². The molecule has 1 aliphatic rings. The minimum Gasteiger partial charge on any atom is -0.393 e. The van der Waals surface area contributed by atoms with Crippen LogP contribution in [0.15, 0.2) is 0 Å². The van der Waals surface area contributed by atoms with Gasteiger partial charge in [-0.25, -0.2) is 0 Å². The fraction of sp³-hybridized carbons (Fsp3) is 1.00. The molecule has 0 aliphatic carbocycles. The molecule has 0 aromatic rings. The van der Waals surface area contributed by atoms with Gasteiger partial charge in [0.05, 0.1) is 25.4 Å². The lowest BCUT2D eigenvalue weighted by atomic mass is 9.95. The van der Waals surface area contributed by atoms with E-state index in [9.17, 15) is 5.11 Å². The highest BCUT2D eigenvalue weighted by molar-refractivity contribution is 4.75. The molecule has 1 saturated heterocycles. The lowest BCUT2D eigenvalue weighted by Crippen LogP contribution is -2.39. The van der Waals surface area contributed by atoms with Gasteiger partial charge in [-0.05, 0) is 13.3 Å². The van der Waals surface area contributed by atoms with Crippen molar-refractivity contribution in [3.05, 3.63) is 0 Å². The van der Waals surface area contributed by atoms with Crippen molar-refractivity contribution in [1.82, 2.24) is 0 Å². The van der Waals surface area contributed by atoms with Crippen molar-refractivity contribution in [2.45, 2.75) is 45.5 Å². The van der Waals surface area contributed by atoms with Gasteiger partial charge in [0.15, 0.2) is 6.29 Å². The van der Waals surface area contributed by atoms with Crippen LogP contribution in [0.3, 0.4) is 0 Å². The molecule has 1 rings (SSSR count). The summed E-state index contributed by atoms with van der Waals surface area (Å²) in [4.78, 5) is 0. The van der Waals surface area contributed by atoms with Gasteiger partial charge in [-0.2, -0.15) is 0 Å². The first-order valence-electron chi connectivity index (χ1n) is 5.41. The minimum atomic E-state index is -1.03. The highest BCUT2D eigenvalue weighted by Gasteiger charge is 2.29. The summed E-state index contributed by atoms with van der Waals surface area (Å²) in [6.45, 7) is 6.92. The normalized spacial score (nSPS) is 26.2. The largest absolute Gasteiger partial charge is 0.393 e. The Morgan fingerprint density at radius 3 is 2.33 bits per heavy atom. The zero-order chi connectivity index (χ0) is 11.5. The molecule has 1 atom stereocenters. The van der Waals surface area contributed by atoms with E-state index in [2.05, 4.69) is 13.8 Å². The fourth-order valence-corrected chi connectivity index (χ4v) is 1.40. The third-order valence-corrected chi connectivity index (χ3v) is 2.58. The monoisotopic (exact) mass is 218 g/mol. The second-order valence-corrected chi connectivity index (χ2v) is 5.41. The highest BCUT2D eigenvalue weighted by Crippen LogP contribution is 2.25. The van der Waals surface area contributed by atoms with Crippen LogP contribution < -0.4 is 0 Å². The summed E-state index contributed by atoms with van der Waals surface area (Å²) >= 11 is 0. The van der Waals surface area contributed by atoms with Crippen LogP contribution in [0, 0.1) is 5.41 Å². The predicted octanol–water partition coefficient (Wildman–Crippen LogP) is 0.909. The SMILES string of the molecule is CC1(C)COC(CCC(C)(O)CO)OC1. The van der Waals surface area contributed by atoms with Gasteiger partial charge in [0.25, 0.3) is 0 Å². The lowest BCUT2D eigenvalue weighted by molar-refractivity contribution is -0.227. The molecule has 1 aliphatic heterocycles. The van der Waals surface area contributed by atoms with Crippen molar-refractivity contribution >= 4 is 0 Å². The zero-order valence-electron chi connectivity index (χ0n) is 9.82. The molecule has 0 saturated carbocycles. The van der Waals surface area contributed by atoms with E-state index < -0.39 is 5.60 Å². The summed E-state index contributed by atoms with van der Waals surface area (Å²) < 4.78 is 11.0. The van der Waals surface area contributed by atoms with Crippen molar-refractivity contribution < 1.29 is 19.7 Å². The van der Waals surface area contributed by atoms with Crippen molar-refractivity contribution in [2.24, 2.45) is 5.41 Å². The Labute approximate surface area is 91.2 Å². The van der Waals surface area contributed by atoms with Crippen LogP contribution in [0.5, 0.6) is 0 Å². The quantitative estimate of drug-likeness (QED) is 0.736. The second kappa shape index (κ2) is 4.78. The highest BCUT2D eigenvalue weighted by atomic mass is 16.7. The van der Waals surface area contributed by atoms with Gasteiger partial charge in [0.1, 0.15) is 0 Å². The molecule has 0 radical (unpaired) electrons. The summed E-state index contributed by atoms with van der Waals surface area (Å²) in [7, 11) is 0. The summed E-state index contributed by atoms with van der Waals surface area (Å²) in [5.41, 5.74) is -0.949. The van der Waals surface area contributed by atoms with Crippen LogP contribution in [0.25, 0.3) is 0 Å². The first kappa shape index (κ1) is 12.9. The number of hydrogen-bond acceptors (Lipinski definition) is 4. The van der Waals surface area contributed by atoms with Crippen molar-refractivity contribution in [2.75, 3.05) is 19.8 Å². The Morgan fingerprint density at radius 1 is 1.33 bits per heavy atom. The Bertz CT molecular complexity index is 191. The molecule has 0 aromatic heterocycles.